The van der Waals surface area contributed by atoms with Gasteiger partial charge in [0.1, 0.15) is 5.82 Å². The second-order valence-corrected chi connectivity index (χ2v) is 7.44. The Bertz CT molecular complexity index is 602. The van der Waals surface area contributed by atoms with Gasteiger partial charge in [-0.2, -0.15) is 0 Å². The van der Waals surface area contributed by atoms with Crippen LogP contribution in [0, 0.1) is 0 Å². The van der Waals surface area contributed by atoms with E-state index in [1.807, 2.05) is 6.20 Å². The van der Waals surface area contributed by atoms with Gasteiger partial charge in [-0.15, -0.1) is 0 Å². The third-order valence-corrected chi connectivity index (χ3v) is 5.26. The van der Waals surface area contributed by atoms with Crippen LogP contribution in [0.3, 0.4) is 0 Å². The molecule has 140 valence electrons. The average molecular weight is 344 g/mol. The van der Waals surface area contributed by atoms with E-state index in [-0.39, 0.29) is 0 Å². The van der Waals surface area contributed by atoms with E-state index in [0.29, 0.717) is 5.92 Å². The monoisotopic (exact) mass is 343 g/mol. The lowest BCUT2D eigenvalue weighted by atomic mass is 9.97. The predicted molar refractivity (Wildman–Crippen MR) is 108 cm³/mol. The Kier molecular flexibility index (Phi) is 8.99. The molecule has 25 heavy (non-hydrogen) atoms. The maximum Gasteiger partial charge on any atom is 0.132 e. The SMILES string of the molecule is CCCCCCCc1cc2nc(C(CC)CCCCCC)ncc2[nH]1. The number of rotatable bonds is 13. The summed E-state index contributed by atoms with van der Waals surface area (Å²) in [5, 5.41) is 0. The van der Waals surface area contributed by atoms with Crippen molar-refractivity contribution in [2.75, 3.05) is 0 Å². The lowest BCUT2D eigenvalue weighted by molar-refractivity contribution is 0.524. The summed E-state index contributed by atoms with van der Waals surface area (Å²) < 4.78 is 0. The number of H-pyrrole nitrogens is 1. The molecule has 3 nitrogen and oxygen atoms in total. The fourth-order valence-electron chi connectivity index (χ4n) is 3.57. The third-order valence-electron chi connectivity index (χ3n) is 5.26. The first-order valence-electron chi connectivity index (χ1n) is 10.6. The van der Waals surface area contributed by atoms with E-state index in [1.54, 1.807) is 0 Å². The third kappa shape index (κ3) is 6.45. The lowest BCUT2D eigenvalue weighted by Gasteiger charge is -2.13. The van der Waals surface area contributed by atoms with Crippen LogP contribution < -0.4 is 0 Å². The van der Waals surface area contributed by atoms with E-state index in [2.05, 4.69) is 36.8 Å². The lowest BCUT2D eigenvalue weighted by Crippen LogP contribution is -2.03. The summed E-state index contributed by atoms with van der Waals surface area (Å²) in [6, 6.07) is 2.24. The minimum Gasteiger partial charge on any atom is -0.356 e. The van der Waals surface area contributed by atoms with Gasteiger partial charge in [0.2, 0.25) is 0 Å². The molecule has 0 radical (unpaired) electrons. The molecule has 1 unspecified atom stereocenters. The Hall–Kier alpha value is -1.38. The molecule has 0 aromatic carbocycles. The van der Waals surface area contributed by atoms with E-state index in [9.17, 15) is 0 Å². The standard InChI is InChI=1S/C22H37N3/c1-4-7-9-11-13-15-19-16-20-21(24-19)17-23-22(25-20)18(6-3)14-12-10-8-5-2/h16-18,24H,4-15H2,1-3H3. The number of nitrogens with one attached hydrogen (secondary N) is 1. The van der Waals surface area contributed by atoms with Crippen molar-refractivity contribution in [1.29, 1.82) is 0 Å². The molecule has 2 heterocycles. The highest BCUT2D eigenvalue weighted by molar-refractivity contribution is 5.75. The molecule has 2 rings (SSSR count). The molecule has 0 aliphatic carbocycles. The van der Waals surface area contributed by atoms with Crippen LogP contribution in [0.5, 0.6) is 0 Å². The number of unbranched alkanes of at least 4 members (excludes halogenated alkanes) is 7. The Labute approximate surface area is 154 Å². The van der Waals surface area contributed by atoms with Crippen LogP contribution in [0.1, 0.15) is 109 Å². The zero-order chi connectivity index (χ0) is 17.9. The Morgan fingerprint density at radius 2 is 1.64 bits per heavy atom. The maximum absolute atomic E-state index is 4.88. The van der Waals surface area contributed by atoms with Gasteiger partial charge in [0, 0.05) is 11.6 Å². The van der Waals surface area contributed by atoms with Crippen LogP contribution in [-0.2, 0) is 6.42 Å². The minimum absolute atomic E-state index is 0.508. The molecule has 0 saturated carbocycles. The van der Waals surface area contributed by atoms with Crippen LogP contribution in [0.15, 0.2) is 12.3 Å². The van der Waals surface area contributed by atoms with Gasteiger partial charge in [-0.25, -0.2) is 9.97 Å². The fourth-order valence-corrected chi connectivity index (χ4v) is 3.57. The van der Waals surface area contributed by atoms with Gasteiger partial charge >= 0.3 is 0 Å². The number of hydrogen-bond acceptors (Lipinski definition) is 2. The summed E-state index contributed by atoms with van der Waals surface area (Å²) in [6.07, 6.45) is 17.4. The van der Waals surface area contributed by atoms with Gasteiger partial charge in [0.25, 0.3) is 0 Å². The molecule has 2 aromatic heterocycles. The quantitative estimate of drug-likeness (QED) is 0.400. The summed E-state index contributed by atoms with van der Waals surface area (Å²) >= 11 is 0. The molecule has 0 aliphatic rings. The van der Waals surface area contributed by atoms with Crippen LogP contribution >= 0.6 is 0 Å². The smallest absolute Gasteiger partial charge is 0.132 e. The molecule has 1 atom stereocenters. The molecule has 3 heteroatoms. The Balaban J connectivity index is 1.93. The second-order valence-electron chi connectivity index (χ2n) is 7.44. The maximum atomic E-state index is 4.88. The molecular formula is C22H37N3. The van der Waals surface area contributed by atoms with E-state index in [0.717, 1.165) is 29.7 Å². The average Bonchev–Trinajstić information content (AvgIpc) is 3.03. The minimum atomic E-state index is 0.508. The van der Waals surface area contributed by atoms with Crippen molar-refractivity contribution in [3.8, 4) is 0 Å². The highest BCUT2D eigenvalue weighted by atomic mass is 14.9. The molecule has 1 N–H and O–H groups in total. The first-order chi connectivity index (χ1) is 12.3. The zero-order valence-corrected chi connectivity index (χ0v) is 16.6. The van der Waals surface area contributed by atoms with E-state index in [4.69, 9.17) is 4.98 Å². The van der Waals surface area contributed by atoms with Crippen LogP contribution in [-0.4, -0.2) is 15.0 Å². The van der Waals surface area contributed by atoms with Crippen molar-refractivity contribution in [3.63, 3.8) is 0 Å². The number of nitrogens with zero attached hydrogens (tertiary/aromatic N) is 2. The molecule has 0 fully saturated rings. The van der Waals surface area contributed by atoms with Gasteiger partial charge in [0.15, 0.2) is 0 Å². The van der Waals surface area contributed by atoms with Gasteiger partial charge in [0.05, 0.1) is 17.2 Å². The van der Waals surface area contributed by atoms with Gasteiger partial charge in [-0.05, 0) is 31.7 Å². The zero-order valence-electron chi connectivity index (χ0n) is 16.6. The van der Waals surface area contributed by atoms with Crippen LogP contribution in [0.2, 0.25) is 0 Å². The Morgan fingerprint density at radius 1 is 0.920 bits per heavy atom. The van der Waals surface area contributed by atoms with E-state index < -0.39 is 0 Å². The highest BCUT2D eigenvalue weighted by Crippen LogP contribution is 2.25. The van der Waals surface area contributed by atoms with Crippen LogP contribution in [0.25, 0.3) is 11.0 Å². The highest BCUT2D eigenvalue weighted by Gasteiger charge is 2.14. The first-order valence-corrected chi connectivity index (χ1v) is 10.6. The number of aromatic nitrogens is 3. The fraction of sp³-hybridized carbons (Fsp3) is 0.727. The summed E-state index contributed by atoms with van der Waals surface area (Å²) in [5.41, 5.74) is 3.50. The van der Waals surface area contributed by atoms with Crippen molar-refractivity contribution >= 4 is 11.0 Å². The molecule has 0 amide bonds. The largest absolute Gasteiger partial charge is 0.356 e. The summed E-state index contributed by atoms with van der Waals surface area (Å²) in [4.78, 5) is 13.1. The van der Waals surface area contributed by atoms with E-state index >= 15 is 0 Å². The first kappa shape index (κ1) is 19.9. The Morgan fingerprint density at radius 3 is 2.36 bits per heavy atom. The summed E-state index contributed by atoms with van der Waals surface area (Å²) in [7, 11) is 0. The number of hydrogen-bond donors (Lipinski definition) is 1. The van der Waals surface area contributed by atoms with Gasteiger partial charge in [-0.3, -0.25) is 0 Å². The van der Waals surface area contributed by atoms with Crippen molar-refractivity contribution in [2.45, 2.75) is 104 Å². The number of fused-ring (bicyclic) bond motifs is 1. The molecule has 0 aliphatic heterocycles. The molecule has 0 saturated heterocycles. The van der Waals surface area contributed by atoms with Crippen LogP contribution in [0.4, 0.5) is 0 Å². The molecule has 0 spiro atoms. The van der Waals surface area contributed by atoms with Gasteiger partial charge < -0.3 is 4.98 Å². The summed E-state index contributed by atoms with van der Waals surface area (Å²) in [5.74, 6) is 1.55. The summed E-state index contributed by atoms with van der Waals surface area (Å²) in [6.45, 7) is 6.79. The van der Waals surface area contributed by atoms with Crippen molar-refractivity contribution in [3.05, 3.63) is 23.8 Å². The normalized spacial score (nSPS) is 12.8. The van der Waals surface area contributed by atoms with E-state index in [1.165, 1.54) is 69.9 Å². The second kappa shape index (κ2) is 11.3. The van der Waals surface area contributed by atoms with Crippen molar-refractivity contribution < 1.29 is 0 Å². The molecule has 2 aromatic rings. The number of aromatic amines is 1. The van der Waals surface area contributed by atoms with Gasteiger partial charge in [-0.1, -0.05) is 72.1 Å². The number of aryl methyl sites for hydroxylation is 1. The topological polar surface area (TPSA) is 41.6 Å². The molecular weight excluding hydrogens is 306 g/mol. The predicted octanol–water partition coefficient (Wildman–Crippen LogP) is 6.93. The van der Waals surface area contributed by atoms with Crippen molar-refractivity contribution in [2.24, 2.45) is 0 Å². The molecule has 0 bridgehead atoms. The van der Waals surface area contributed by atoms with Crippen molar-refractivity contribution in [1.82, 2.24) is 15.0 Å².